The van der Waals surface area contributed by atoms with Crippen LogP contribution in [-0.4, -0.2) is 61.3 Å². The van der Waals surface area contributed by atoms with Gasteiger partial charge in [0.25, 0.3) is 0 Å². The second-order valence-electron chi connectivity index (χ2n) is 9.96. The van der Waals surface area contributed by atoms with Crippen LogP contribution in [-0.2, 0) is 16.0 Å². The lowest BCUT2D eigenvalue weighted by Gasteiger charge is -2.31. The molecule has 0 spiro atoms. The van der Waals surface area contributed by atoms with Crippen molar-refractivity contribution in [1.29, 1.82) is 0 Å². The van der Waals surface area contributed by atoms with Crippen LogP contribution >= 0.6 is 22.7 Å². The number of nitrogens with zero attached hydrogens (tertiary/aromatic N) is 5. The summed E-state index contributed by atoms with van der Waals surface area (Å²) >= 11 is 3.32. The summed E-state index contributed by atoms with van der Waals surface area (Å²) in [5.74, 6) is -1.44. The van der Waals surface area contributed by atoms with Gasteiger partial charge in [0.05, 0.1) is 22.7 Å². The molecular weight excluding hydrogens is 615 g/mol. The highest BCUT2D eigenvalue weighted by Gasteiger charge is 2.38. The van der Waals surface area contributed by atoms with Gasteiger partial charge in [-0.05, 0) is 42.8 Å². The Kier molecular flexibility index (Phi) is 9.49. The first kappa shape index (κ1) is 31.0. The molecule has 1 aliphatic rings. The van der Waals surface area contributed by atoms with E-state index < -0.39 is 12.1 Å². The lowest BCUT2D eigenvalue weighted by atomic mass is 9.97. The molecule has 6 rings (SSSR count). The van der Waals surface area contributed by atoms with E-state index in [2.05, 4.69) is 26.6 Å². The Morgan fingerprint density at radius 3 is 2.41 bits per heavy atom. The van der Waals surface area contributed by atoms with Crippen LogP contribution < -0.4 is 0 Å². The van der Waals surface area contributed by atoms with Crippen molar-refractivity contribution in [2.75, 3.05) is 13.1 Å². The van der Waals surface area contributed by atoms with Gasteiger partial charge >= 0.3 is 12.1 Å². The number of aliphatic carboxylic acids is 1. The van der Waals surface area contributed by atoms with E-state index >= 15 is 0 Å². The molecule has 5 aromatic rings. The molecule has 1 aromatic carbocycles. The summed E-state index contributed by atoms with van der Waals surface area (Å²) in [4.78, 5) is 38.0. The van der Waals surface area contributed by atoms with Crippen molar-refractivity contribution < 1.29 is 32.4 Å². The van der Waals surface area contributed by atoms with Gasteiger partial charge in [0, 0.05) is 52.8 Å². The fourth-order valence-corrected chi connectivity index (χ4v) is 6.48. The number of alkyl halides is 3. The second-order valence-corrected chi connectivity index (χ2v) is 11.9. The summed E-state index contributed by atoms with van der Waals surface area (Å²) in [6.45, 7) is 3.48. The number of aryl methyl sites for hydroxylation is 1. The van der Waals surface area contributed by atoms with Crippen molar-refractivity contribution in [1.82, 2.24) is 25.0 Å². The van der Waals surface area contributed by atoms with E-state index in [-0.39, 0.29) is 5.91 Å². The molecule has 44 heavy (non-hydrogen) atoms. The molecular formula is C30H26F3N5O4S2. The van der Waals surface area contributed by atoms with Gasteiger partial charge in [0.2, 0.25) is 5.91 Å². The Bertz CT molecular complexity index is 1710. The molecule has 9 nitrogen and oxygen atoms in total. The smallest absolute Gasteiger partial charge is 0.475 e. The molecule has 0 atom stereocenters. The summed E-state index contributed by atoms with van der Waals surface area (Å²) in [6.07, 6.45) is 2.40. The molecule has 1 aliphatic heterocycles. The first-order chi connectivity index (χ1) is 21.1. The number of thiophene rings is 1. The Balaban J connectivity index is 0.000000493. The number of amides is 1. The largest absolute Gasteiger partial charge is 0.490 e. The maximum absolute atomic E-state index is 12.7. The van der Waals surface area contributed by atoms with Crippen LogP contribution in [0.15, 0.2) is 70.4 Å². The van der Waals surface area contributed by atoms with Gasteiger partial charge in [-0.2, -0.15) is 13.2 Å². The highest BCUT2D eigenvalue weighted by Crippen LogP contribution is 2.39. The number of carboxylic acids is 1. The van der Waals surface area contributed by atoms with E-state index in [1.165, 1.54) is 6.33 Å². The van der Waals surface area contributed by atoms with Crippen LogP contribution in [0.4, 0.5) is 13.2 Å². The van der Waals surface area contributed by atoms with Gasteiger partial charge in [-0.1, -0.05) is 29.4 Å². The van der Waals surface area contributed by atoms with E-state index in [1.807, 2.05) is 47.5 Å². The standard InChI is InChI=1S/C28H25N5O2S2.C2HF3O2/c1-18-26(27(32-35-18)21-5-2-4-20(12-21)22-14-29-17-30-15-22)24-16-37-28(31-24)19-7-9-33(10-8-19)25(34)13-23-6-3-11-36-23;3-2(4,5)1(6)7/h2-6,11-12,14-17,19H,7-10,13H2,1H3;(H,6,7). The number of carbonyl (C=O) groups is 2. The Labute approximate surface area is 258 Å². The highest BCUT2D eigenvalue weighted by atomic mass is 32.1. The average Bonchev–Trinajstić information content (AvgIpc) is 3.79. The highest BCUT2D eigenvalue weighted by molar-refractivity contribution is 7.10. The van der Waals surface area contributed by atoms with E-state index in [0.717, 1.165) is 75.2 Å². The van der Waals surface area contributed by atoms with Crippen LogP contribution in [0.5, 0.6) is 0 Å². The minimum atomic E-state index is -5.08. The molecule has 14 heteroatoms. The third kappa shape index (κ3) is 7.37. The van der Waals surface area contributed by atoms with E-state index in [1.54, 1.807) is 35.1 Å². The molecule has 1 N–H and O–H groups in total. The van der Waals surface area contributed by atoms with E-state index in [9.17, 15) is 18.0 Å². The number of rotatable bonds is 6. The monoisotopic (exact) mass is 641 g/mol. The summed E-state index contributed by atoms with van der Waals surface area (Å²) < 4.78 is 37.4. The molecule has 228 valence electrons. The third-order valence-corrected chi connectivity index (χ3v) is 8.90. The third-order valence-electron chi connectivity index (χ3n) is 7.02. The number of carboxylic acid groups (broad SMARTS) is 1. The zero-order valence-corrected chi connectivity index (χ0v) is 25.0. The fourth-order valence-electron chi connectivity index (χ4n) is 4.80. The van der Waals surface area contributed by atoms with Crippen molar-refractivity contribution in [2.45, 2.75) is 38.3 Å². The molecule has 0 saturated carbocycles. The number of likely N-dealkylation sites (tertiary alicyclic amines) is 1. The predicted molar refractivity (Wildman–Crippen MR) is 159 cm³/mol. The van der Waals surface area contributed by atoms with Crippen molar-refractivity contribution >= 4 is 34.6 Å². The van der Waals surface area contributed by atoms with Crippen molar-refractivity contribution in [2.24, 2.45) is 0 Å². The van der Waals surface area contributed by atoms with E-state index in [4.69, 9.17) is 19.4 Å². The van der Waals surface area contributed by atoms with Crippen LogP contribution in [0.3, 0.4) is 0 Å². The summed E-state index contributed by atoms with van der Waals surface area (Å²) in [6, 6.07) is 12.2. The first-order valence-electron chi connectivity index (χ1n) is 13.5. The van der Waals surface area contributed by atoms with Gasteiger partial charge < -0.3 is 14.5 Å². The van der Waals surface area contributed by atoms with Gasteiger partial charge in [-0.3, -0.25) is 4.79 Å². The van der Waals surface area contributed by atoms with Gasteiger partial charge in [0.15, 0.2) is 0 Å². The van der Waals surface area contributed by atoms with Crippen molar-refractivity contribution in [3.8, 4) is 33.6 Å². The number of hydrogen-bond acceptors (Lipinski definition) is 9. The maximum Gasteiger partial charge on any atom is 0.490 e. The predicted octanol–water partition coefficient (Wildman–Crippen LogP) is 6.87. The molecule has 1 amide bonds. The van der Waals surface area contributed by atoms with Crippen molar-refractivity contribution in [3.05, 3.63) is 81.5 Å². The van der Waals surface area contributed by atoms with Crippen LogP contribution in [0, 0.1) is 6.92 Å². The zero-order valence-electron chi connectivity index (χ0n) is 23.3. The number of piperidine rings is 1. The molecule has 4 aromatic heterocycles. The normalized spacial score (nSPS) is 13.8. The maximum atomic E-state index is 12.7. The second kappa shape index (κ2) is 13.5. The molecule has 0 bridgehead atoms. The summed E-state index contributed by atoms with van der Waals surface area (Å²) in [5, 5.41) is 16.8. The minimum absolute atomic E-state index is 0.217. The first-order valence-corrected chi connectivity index (χ1v) is 15.2. The average molecular weight is 642 g/mol. The van der Waals surface area contributed by atoms with Crippen molar-refractivity contribution in [3.63, 3.8) is 0 Å². The number of thiazole rings is 1. The van der Waals surface area contributed by atoms with Gasteiger partial charge in [0.1, 0.15) is 17.8 Å². The molecule has 1 saturated heterocycles. The van der Waals surface area contributed by atoms with Gasteiger partial charge in [-0.15, -0.1) is 22.7 Å². The number of hydrogen-bond donors (Lipinski definition) is 1. The molecule has 0 radical (unpaired) electrons. The number of aromatic nitrogens is 4. The Morgan fingerprint density at radius 2 is 1.75 bits per heavy atom. The number of carbonyl (C=O) groups excluding carboxylic acids is 1. The molecule has 0 unspecified atom stereocenters. The van der Waals surface area contributed by atoms with Gasteiger partial charge in [-0.25, -0.2) is 19.7 Å². The molecule has 0 aliphatic carbocycles. The minimum Gasteiger partial charge on any atom is -0.475 e. The quantitative estimate of drug-likeness (QED) is 0.213. The topological polar surface area (TPSA) is 122 Å². The Morgan fingerprint density at radius 1 is 1.05 bits per heavy atom. The molecule has 5 heterocycles. The summed E-state index contributed by atoms with van der Waals surface area (Å²) in [7, 11) is 0. The zero-order chi connectivity index (χ0) is 31.3. The fraction of sp³-hybridized carbons (Fsp3) is 0.267. The van der Waals surface area contributed by atoms with E-state index in [0.29, 0.717) is 12.3 Å². The number of halogens is 3. The van der Waals surface area contributed by atoms with Crippen LogP contribution in [0.2, 0.25) is 0 Å². The van der Waals surface area contributed by atoms with Crippen LogP contribution in [0.25, 0.3) is 33.6 Å². The SMILES string of the molecule is Cc1onc(-c2cccc(-c3cncnc3)c2)c1-c1csc(C2CCN(C(=O)Cc3cccs3)CC2)n1.O=C(O)C(F)(F)F. The Hall–Kier alpha value is -4.43. The molecule has 1 fully saturated rings. The lowest BCUT2D eigenvalue weighted by molar-refractivity contribution is -0.192. The number of benzene rings is 1. The summed E-state index contributed by atoms with van der Waals surface area (Å²) in [5.41, 5.74) is 5.51. The van der Waals surface area contributed by atoms with Crippen LogP contribution in [0.1, 0.15) is 34.4 Å². The lowest BCUT2D eigenvalue weighted by Crippen LogP contribution is -2.38.